The van der Waals surface area contributed by atoms with Crippen LogP contribution in [-0.2, 0) is 5.41 Å². The third-order valence-corrected chi connectivity index (χ3v) is 4.83. The van der Waals surface area contributed by atoms with Crippen molar-refractivity contribution in [3.8, 4) is 0 Å². The molecule has 0 aliphatic carbocycles. The van der Waals surface area contributed by atoms with E-state index in [1.54, 1.807) is 0 Å². The van der Waals surface area contributed by atoms with Crippen LogP contribution in [0, 0.1) is 17.6 Å². The van der Waals surface area contributed by atoms with Gasteiger partial charge in [0.1, 0.15) is 11.6 Å². The quantitative estimate of drug-likeness (QED) is 0.605. The summed E-state index contributed by atoms with van der Waals surface area (Å²) in [7, 11) is 0. The van der Waals surface area contributed by atoms with Gasteiger partial charge in [0.25, 0.3) is 0 Å². The first-order valence-electron chi connectivity index (χ1n) is 8.04. The molecule has 0 radical (unpaired) electrons. The Morgan fingerprint density at radius 2 is 1.23 bits per heavy atom. The molecular formula is C20H24F2. The minimum absolute atomic E-state index is 0.228. The van der Waals surface area contributed by atoms with E-state index >= 15 is 0 Å². The predicted molar refractivity (Wildman–Crippen MR) is 87.9 cm³/mol. The van der Waals surface area contributed by atoms with E-state index in [2.05, 4.69) is 20.8 Å². The SMILES string of the molecule is CCCC(CC)C(C)(c1ccc(F)cc1)c1ccc(F)cc1. The van der Waals surface area contributed by atoms with Gasteiger partial charge in [-0.15, -0.1) is 0 Å². The summed E-state index contributed by atoms with van der Waals surface area (Å²) >= 11 is 0. The van der Waals surface area contributed by atoms with Crippen LogP contribution in [0.2, 0.25) is 0 Å². The molecule has 0 fully saturated rings. The lowest BCUT2D eigenvalue weighted by atomic mass is 9.65. The minimum atomic E-state index is -0.244. The Balaban J connectivity index is 2.56. The lowest BCUT2D eigenvalue weighted by molar-refractivity contribution is 0.310. The van der Waals surface area contributed by atoms with Crippen molar-refractivity contribution in [2.45, 2.75) is 45.4 Å². The van der Waals surface area contributed by atoms with Crippen molar-refractivity contribution < 1.29 is 8.78 Å². The Labute approximate surface area is 132 Å². The Morgan fingerprint density at radius 1 is 0.818 bits per heavy atom. The van der Waals surface area contributed by atoms with Gasteiger partial charge in [-0.25, -0.2) is 8.78 Å². The van der Waals surface area contributed by atoms with Crippen molar-refractivity contribution >= 4 is 0 Å². The Hall–Kier alpha value is -1.70. The topological polar surface area (TPSA) is 0 Å². The van der Waals surface area contributed by atoms with Crippen LogP contribution in [0.4, 0.5) is 8.78 Å². The molecule has 2 aromatic rings. The summed E-state index contributed by atoms with van der Waals surface area (Å²) in [5.74, 6) is -0.0316. The first-order chi connectivity index (χ1) is 10.5. The molecule has 0 aliphatic heterocycles. The molecule has 0 aliphatic rings. The highest BCUT2D eigenvalue weighted by Crippen LogP contribution is 2.42. The van der Waals surface area contributed by atoms with Crippen LogP contribution in [0.25, 0.3) is 0 Å². The smallest absolute Gasteiger partial charge is 0.123 e. The fraction of sp³-hybridized carbons (Fsp3) is 0.400. The van der Waals surface area contributed by atoms with Gasteiger partial charge >= 0.3 is 0 Å². The van der Waals surface area contributed by atoms with Crippen LogP contribution in [0.15, 0.2) is 48.5 Å². The first-order valence-corrected chi connectivity index (χ1v) is 8.04. The molecule has 0 amide bonds. The molecule has 2 aromatic carbocycles. The van der Waals surface area contributed by atoms with E-state index < -0.39 is 0 Å². The summed E-state index contributed by atoms with van der Waals surface area (Å²) in [5, 5.41) is 0. The zero-order valence-electron chi connectivity index (χ0n) is 13.6. The van der Waals surface area contributed by atoms with E-state index in [9.17, 15) is 8.78 Å². The van der Waals surface area contributed by atoms with Gasteiger partial charge in [0.05, 0.1) is 0 Å². The molecule has 0 nitrogen and oxygen atoms in total. The van der Waals surface area contributed by atoms with Crippen molar-refractivity contribution in [1.29, 1.82) is 0 Å². The predicted octanol–water partition coefficient (Wildman–Crippen LogP) is 6.10. The largest absolute Gasteiger partial charge is 0.207 e. The molecule has 0 bridgehead atoms. The number of hydrogen-bond acceptors (Lipinski definition) is 0. The summed E-state index contributed by atoms with van der Waals surface area (Å²) < 4.78 is 26.6. The van der Waals surface area contributed by atoms with Crippen LogP contribution >= 0.6 is 0 Å². The second-order valence-electron chi connectivity index (χ2n) is 6.11. The molecule has 2 rings (SSSR count). The molecule has 118 valence electrons. The third-order valence-electron chi connectivity index (χ3n) is 4.83. The molecular weight excluding hydrogens is 278 g/mol. The number of halogens is 2. The van der Waals surface area contributed by atoms with Gasteiger partial charge in [0.2, 0.25) is 0 Å². The van der Waals surface area contributed by atoms with Gasteiger partial charge in [0.15, 0.2) is 0 Å². The number of rotatable bonds is 6. The Bertz CT molecular complexity index is 539. The molecule has 1 unspecified atom stereocenters. The van der Waals surface area contributed by atoms with Crippen molar-refractivity contribution in [1.82, 2.24) is 0 Å². The Morgan fingerprint density at radius 3 is 1.55 bits per heavy atom. The molecule has 0 N–H and O–H groups in total. The van der Waals surface area contributed by atoms with Crippen molar-refractivity contribution in [2.75, 3.05) is 0 Å². The van der Waals surface area contributed by atoms with E-state index in [0.717, 1.165) is 30.4 Å². The van der Waals surface area contributed by atoms with Crippen LogP contribution in [-0.4, -0.2) is 0 Å². The molecule has 1 atom stereocenters. The minimum Gasteiger partial charge on any atom is -0.207 e. The maximum atomic E-state index is 13.3. The fourth-order valence-electron chi connectivity index (χ4n) is 3.48. The van der Waals surface area contributed by atoms with Crippen molar-refractivity contribution in [3.63, 3.8) is 0 Å². The highest BCUT2D eigenvalue weighted by atomic mass is 19.1. The molecule has 0 heterocycles. The summed E-state index contributed by atoms with van der Waals surface area (Å²) in [6.45, 7) is 6.56. The number of hydrogen-bond donors (Lipinski definition) is 0. The lowest BCUT2D eigenvalue weighted by Gasteiger charge is -2.39. The van der Waals surface area contributed by atoms with Crippen molar-refractivity contribution in [3.05, 3.63) is 71.3 Å². The highest BCUT2D eigenvalue weighted by molar-refractivity contribution is 5.39. The second-order valence-corrected chi connectivity index (χ2v) is 6.11. The van der Waals surface area contributed by atoms with E-state index in [-0.39, 0.29) is 17.0 Å². The van der Waals surface area contributed by atoms with Gasteiger partial charge < -0.3 is 0 Å². The monoisotopic (exact) mass is 302 g/mol. The number of benzene rings is 2. The van der Waals surface area contributed by atoms with Crippen molar-refractivity contribution in [2.24, 2.45) is 5.92 Å². The highest BCUT2D eigenvalue weighted by Gasteiger charge is 2.36. The van der Waals surface area contributed by atoms with Gasteiger partial charge in [-0.1, -0.05) is 57.9 Å². The summed E-state index contributed by atoms with van der Waals surface area (Å²) in [6, 6.07) is 13.5. The van der Waals surface area contributed by atoms with Gasteiger partial charge in [-0.3, -0.25) is 0 Å². The molecule has 0 spiro atoms. The molecule has 0 saturated heterocycles. The maximum Gasteiger partial charge on any atom is 0.123 e. The zero-order valence-corrected chi connectivity index (χ0v) is 13.6. The van der Waals surface area contributed by atoms with Gasteiger partial charge in [-0.2, -0.15) is 0 Å². The first kappa shape index (κ1) is 16.7. The molecule has 0 aromatic heterocycles. The third kappa shape index (κ3) is 3.21. The summed E-state index contributed by atoms with van der Waals surface area (Å²) in [4.78, 5) is 0. The van der Waals surface area contributed by atoms with Crippen LogP contribution in [0.3, 0.4) is 0 Å². The molecule has 2 heteroatoms. The zero-order chi connectivity index (χ0) is 16.2. The van der Waals surface area contributed by atoms with Gasteiger partial charge in [-0.05, 0) is 47.7 Å². The van der Waals surface area contributed by atoms with Crippen LogP contribution < -0.4 is 0 Å². The lowest BCUT2D eigenvalue weighted by Crippen LogP contribution is -2.33. The average molecular weight is 302 g/mol. The Kier molecular flexibility index (Phi) is 5.33. The summed E-state index contributed by atoms with van der Waals surface area (Å²) in [5.41, 5.74) is 1.92. The van der Waals surface area contributed by atoms with E-state index in [4.69, 9.17) is 0 Å². The summed E-state index contributed by atoms with van der Waals surface area (Å²) in [6.07, 6.45) is 3.21. The normalized spacial score (nSPS) is 13.1. The maximum absolute atomic E-state index is 13.3. The van der Waals surface area contributed by atoms with E-state index in [1.807, 2.05) is 24.3 Å². The molecule has 0 saturated carbocycles. The fourth-order valence-corrected chi connectivity index (χ4v) is 3.48. The van der Waals surface area contributed by atoms with Crippen LogP contribution in [0.1, 0.15) is 51.2 Å². The van der Waals surface area contributed by atoms with E-state index in [0.29, 0.717) is 5.92 Å². The average Bonchev–Trinajstić information content (AvgIpc) is 2.53. The standard InChI is InChI=1S/C20H24F2/c1-4-6-15(5-2)20(3,16-7-11-18(21)12-8-16)17-9-13-19(22)14-10-17/h7-15H,4-6H2,1-3H3. The molecule has 22 heavy (non-hydrogen) atoms. The van der Waals surface area contributed by atoms with Gasteiger partial charge in [0, 0.05) is 5.41 Å². The van der Waals surface area contributed by atoms with Crippen LogP contribution in [0.5, 0.6) is 0 Å². The van der Waals surface area contributed by atoms with E-state index in [1.165, 1.54) is 24.3 Å². The second kappa shape index (κ2) is 7.04.